The second kappa shape index (κ2) is 6.06. The highest BCUT2D eigenvalue weighted by atomic mass is 32.1. The first-order chi connectivity index (χ1) is 10.2. The summed E-state index contributed by atoms with van der Waals surface area (Å²) in [6, 6.07) is 6.32. The zero-order valence-corrected chi connectivity index (χ0v) is 12.1. The number of H-pyrrole nitrogens is 1. The second-order valence-electron chi connectivity index (χ2n) is 4.52. The summed E-state index contributed by atoms with van der Waals surface area (Å²) in [6.07, 6.45) is 0. The first kappa shape index (κ1) is 13.8. The Morgan fingerprint density at radius 2 is 2.14 bits per heavy atom. The molecule has 0 bridgehead atoms. The van der Waals surface area contributed by atoms with Crippen molar-refractivity contribution in [1.82, 2.24) is 30.9 Å². The third-order valence-corrected chi connectivity index (χ3v) is 3.92. The normalized spacial score (nSPS) is 12.5. The van der Waals surface area contributed by atoms with Gasteiger partial charge in [0.2, 0.25) is 0 Å². The number of halogens is 1. The zero-order valence-electron chi connectivity index (χ0n) is 11.2. The maximum Gasteiger partial charge on any atom is 0.191 e. The van der Waals surface area contributed by atoms with E-state index >= 15 is 0 Å². The summed E-state index contributed by atoms with van der Waals surface area (Å²) in [5, 5.41) is 19.9. The van der Waals surface area contributed by atoms with Crippen molar-refractivity contribution in [1.29, 1.82) is 0 Å². The van der Waals surface area contributed by atoms with Gasteiger partial charge in [0, 0.05) is 17.5 Å². The average Bonchev–Trinajstić information content (AvgIpc) is 3.17. The highest BCUT2D eigenvalue weighted by Crippen LogP contribution is 2.24. The van der Waals surface area contributed by atoms with E-state index in [9.17, 15) is 4.39 Å². The van der Waals surface area contributed by atoms with Gasteiger partial charge < -0.3 is 5.32 Å². The number of nitrogens with zero attached hydrogens (tertiary/aromatic N) is 4. The maximum absolute atomic E-state index is 12.9. The Bertz CT molecular complexity index is 694. The van der Waals surface area contributed by atoms with E-state index in [0.717, 1.165) is 16.3 Å². The molecule has 0 spiro atoms. The third kappa shape index (κ3) is 3.29. The van der Waals surface area contributed by atoms with Crippen LogP contribution in [0.15, 0.2) is 29.6 Å². The highest BCUT2D eigenvalue weighted by molar-refractivity contribution is 7.13. The van der Waals surface area contributed by atoms with Crippen LogP contribution in [0.25, 0.3) is 10.6 Å². The van der Waals surface area contributed by atoms with Gasteiger partial charge in [-0.15, -0.1) is 21.5 Å². The van der Waals surface area contributed by atoms with E-state index in [4.69, 9.17) is 0 Å². The molecular weight excluding hydrogens is 291 g/mol. The number of aromatic amines is 1. The molecule has 3 aromatic rings. The van der Waals surface area contributed by atoms with Crippen LogP contribution in [0.2, 0.25) is 0 Å². The summed E-state index contributed by atoms with van der Waals surface area (Å²) < 4.78 is 12.9. The van der Waals surface area contributed by atoms with E-state index in [1.807, 2.05) is 12.3 Å². The molecule has 0 amide bonds. The summed E-state index contributed by atoms with van der Waals surface area (Å²) in [7, 11) is 0. The number of hydrogen-bond donors (Lipinski definition) is 2. The molecule has 2 N–H and O–H groups in total. The zero-order chi connectivity index (χ0) is 14.7. The van der Waals surface area contributed by atoms with Gasteiger partial charge >= 0.3 is 0 Å². The lowest BCUT2D eigenvalue weighted by atomic mass is 10.2. The van der Waals surface area contributed by atoms with Crippen molar-refractivity contribution >= 4 is 11.3 Å². The molecular formula is C13H13FN6S. The van der Waals surface area contributed by atoms with Crippen molar-refractivity contribution in [2.45, 2.75) is 19.5 Å². The molecule has 3 rings (SSSR count). The molecule has 0 aliphatic carbocycles. The molecule has 2 aromatic heterocycles. The Morgan fingerprint density at radius 1 is 1.33 bits per heavy atom. The SMILES string of the molecule is CC(NCc1csc(-c2ccc(F)cc2)n1)c1nn[nH]n1. The topological polar surface area (TPSA) is 79.4 Å². The predicted molar refractivity (Wildman–Crippen MR) is 76.9 cm³/mol. The van der Waals surface area contributed by atoms with Gasteiger partial charge in [0.1, 0.15) is 10.8 Å². The Balaban J connectivity index is 1.64. The van der Waals surface area contributed by atoms with Crippen LogP contribution >= 0.6 is 11.3 Å². The molecule has 1 atom stereocenters. The van der Waals surface area contributed by atoms with Gasteiger partial charge in [0.15, 0.2) is 5.82 Å². The number of tetrazole rings is 1. The van der Waals surface area contributed by atoms with Crippen molar-refractivity contribution in [3.63, 3.8) is 0 Å². The van der Waals surface area contributed by atoms with Gasteiger partial charge in [-0.05, 0) is 31.2 Å². The molecule has 6 nitrogen and oxygen atoms in total. The lowest BCUT2D eigenvalue weighted by molar-refractivity contribution is 0.542. The number of aromatic nitrogens is 5. The van der Waals surface area contributed by atoms with Gasteiger partial charge in [-0.3, -0.25) is 0 Å². The number of benzene rings is 1. The Hall–Kier alpha value is -2.19. The van der Waals surface area contributed by atoms with E-state index in [-0.39, 0.29) is 11.9 Å². The fourth-order valence-corrected chi connectivity index (χ4v) is 2.64. The van der Waals surface area contributed by atoms with Crippen LogP contribution in [-0.4, -0.2) is 25.6 Å². The van der Waals surface area contributed by atoms with Crippen LogP contribution in [0, 0.1) is 5.82 Å². The van der Waals surface area contributed by atoms with Crippen LogP contribution in [0.5, 0.6) is 0 Å². The molecule has 0 aliphatic rings. The number of hydrogen-bond acceptors (Lipinski definition) is 6. The van der Waals surface area contributed by atoms with Crippen LogP contribution in [0.3, 0.4) is 0 Å². The first-order valence-corrected chi connectivity index (χ1v) is 7.27. The molecule has 2 heterocycles. The van der Waals surface area contributed by atoms with E-state index in [1.54, 1.807) is 12.1 Å². The quantitative estimate of drug-likeness (QED) is 0.756. The molecule has 8 heteroatoms. The lowest BCUT2D eigenvalue weighted by Crippen LogP contribution is -2.19. The smallest absolute Gasteiger partial charge is 0.191 e. The van der Waals surface area contributed by atoms with Crippen molar-refractivity contribution < 1.29 is 4.39 Å². The minimum absolute atomic E-state index is 0.0141. The minimum Gasteiger partial charge on any atom is -0.302 e. The molecule has 0 fully saturated rings. The fourth-order valence-electron chi connectivity index (χ4n) is 1.82. The van der Waals surface area contributed by atoms with Gasteiger partial charge in [-0.2, -0.15) is 5.21 Å². The van der Waals surface area contributed by atoms with Gasteiger partial charge in [0.05, 0.1) is 11.7 Å². The molecule has 0 saturated heterocycles. The monoisotopic (exact) mass is 304 g/mol. The summed E-state index contributed by atoms with van der Waals surface area (Å²) in [4.78, 5) is 4.53. The fraction of sp³-hybridized carbons (Fsp3) is 0.231. The van der Waals surface area contributed by atoms with Crippen LogP contribution in [0.4, 0.5) is 4.39 Å². The molecule has 0 aliphatic heterocycles. The molecule has 0 saturated carbocycles. The Kier molecular flexibility index (Phi) is 3.98. The lowest BCUT2D eigenvalue weighted by Gasteiger charge is -2.07. The summed E-state index contributed by atoms with van der Waals surface area (Å²) in [5.74, 6) is 0.370. The Labute approximate surface area is 124 Å². The van der Waals surface area contributed by atoms with E-state index in [1.165, 1.54) is 23.5 Å². The molecule has 1 aromatic carbocycles. The molecule has 108 valence electrons. The van der Waals surface area contributed by atoms with Gasteiger partial charge in [-0.1, -0.05) is 5.21 Å². The van der Waals surface area contributed by atoms with Gasteiger partial charge in [0.25, 0.3) is 0 Å². The second-order valence-corrected chi connectivity index (χ2v) is 5.38. The number of thiazole rings is 1. The summed E-state index contributed by atoms with van der Waals surface area (Å²) in [5.41, 5.74) is 1.84. The minimum atomic E-state index is -0.244. The Morgan fingerprint density at radius 3 is 2.86 bits per heavy atom. The average molecular weight is 304 g/mol. The van der Waals surface area contributed by atoms with Crippen molar-refractivity contribution in [2.24, 2.45) is 0 Å². The van der Waals surface area contributed by atoms with Crippen molar-refractivity contribution in [3.05, 3.63) is 47.0 Å². The van der Waals surface area contributed by atoms with Gasteiger partial charge in [-0.25, -0.2) is 9.37 Å². The number of rotatable bonds is 5. The third-order valence-electron chi connectivity index (χ3n) is 2.98. The van der Waals surface area contributed by atoms with Crippen molar-refractivity contribution in [3.8, 4) is 10.6 Å². The van der Waals surface area contributed by atoms with Crippen LogP contribution in [0.1, 0.15) is 24.5 Å². The largest absolute Gasteiger partial charge is 0.302 e. The highest BCUT2D eigenvalue weighted by Gasteiger charge is 2.11. The summed E-state index contributed by atoms with van der Waals surface area (Å²) in [6.45, 7) is 2.56. The van der Waals surface area contributed by atoms with Crippen LogP contribution in [-0.2, 0) is 6.54 Å². The maximum atomic E-state index is 12.9. The summed E-state index contributed by atoms with van der Waals surface area (Å²) >= 11 is 1.53. The first-order valence-electron chi connectivity index (χ1n) is 6.39. The standard InChI is InChI=1S/C13H13FN6S/c1-8(12-17-19-20-18-12)15-6-11-7-21-13(16-11)9-2-4-10(14)5-3-9/h2-5,7-8,15H,6H2,1H3,(H,17,18,19,20). The van der Waals surface area contributed by atoms with E-state index in [0.29, 0.717) is 12.4 Å². The molecule has 0 radical (unpaired) electrons. The van der Waals surface area contributed by atoms with Crippen LogP contribution < -0.4 is 5.32 Å². The van der Waals surface area contributed by atoms with Crippen molar-refractivity contribution in [2.75, 3.05) is 0 Å². The van der Waals surface area contributed by atoms with E-state index in [2.05, 4.69) is 30.9 Å². The molecule has 1 unspecified atom stereocenters. The van der Waals surface area contributed by atoms with E-state index < -0.39 is 0 Å². The predicted octanol–water partition coefficient (Wildman–Crippen LogP) is 2.31. The molecule has 21 heavy (non-hydrogen) atoms. The number of nitrogens with one attached hydrogen (secondary N) is 2.